The molecule has 4 heterocycles. The minimum atomic E-state index is -1.24. The Morgan fingerprint density at radius 1 is 1.18 bits per heavy atom. The summed E-state index contributed by atoms with van der Waals surface area (Å²) in [6.07, 6.45) is 5.23. The highest BCUT2D eigenvalue weighted by Gasteiger charge is 2.80. The van der Waals surface area contributed by atoms with Crippen molar-refractivity contribution in [2.45, 2.75) is 83.8 Å². The van der Waals surface area contributed by atoms with E-state index in [9.17, 15) is 19.5 Å². The number of carbonyl (C=O) groups is 3. The molecule has 1 spiro atoms. The van der Waals surface area contributed by atoms with Crippen LogP contribution in [0.2, 0.25) is 0 Å². The van der Waals surface area contributed by atoms with Gasteiger partial charge >= 0.3 is 0 Å². The summed E-state index contributed by atoms with van der Waals surface area (Å²) < 4.78 is 8.63. The van der Waals surface area contributed by atoms with Gasteiger partial charge in [-0.2, -0.15) is 0 Å². The molecule has 3 aliphatic heterocycles. The molecule has 1 N–H and O–H groups in total. The van der Waals surface area contributed by atoms with Gasteiger partial charge in [0.25, 0.3) is 0 Å². The molecule has 3 amide bonds. The number of aromatic nitrogens is 3. The molecule has 0 saturated carbocycles. The lowest BCUT2D eigenvalue weighted by atomic mass is 9.62. The summed E-state index contributed by atoms with van der Waals surface area (Å²) in [6, 6.07) is 5.84. The van der Waals surface area contributed by atoms with E-state index < -0.39 is 35.1 Å². The number of nitrogens with zero attached hydrogens (tertiary/aromatic N) is 6. The number of fused-ring (bicyclic) bond motifs is 2. The van der Waals surface area contributed by atoms with Gasteiger partial charge in [0.2, 0.25) is 17.7 Å². The molecule has 2 bridgehead atoms. The lowest BCUT2D eigenvalue weighted by Gasteiger charge is -2.41. The van der Waals surface area contributed by atoms with Crippen molar-refractivity contribution >= 4 is 28.8 Å². The molecular weight excluding hydrogens is 572 g/mol. The van der Waals surface area contributed by atoms with E-state index in [-0.39, 0.29) is 49.4 Å². The van der Waals surface area contributed by atoms with E-state index in [2.05, 4.69) is 23.5 Å². The van der Waals surface area contributed by atoms with E-state index in [1.807, 2.05) is 58.9 Å². The molecule has 3 fully saturated rings. The molecule has 1 aromatic heterocycles. The summed E-state index contributed by atoms with van der Waals surface area (Å²) in [4.78, 5) is 49.1. The second-order valence-corrected chi connectivity index (χ2v) is 13.2. The number of aliphatic hydroxyl groups excluding tert-OH is 1. The van der Waals surface area contributed by atoms with E-state index >= 15 is 0 Å². The van der Waals surface area contributed by atoms with Gasteiger partial charge in [0.1, 0.15) is 23.8 Å². The summed E-state index contributed by atoms with van der Waals surface area (Å²) in [6.45, 7) is 18.5. The molecule has 244 valence electrons. The molecule has 45 heavy (non-hydrogen) atoms. The lowest BCUT2D eigenvalue weighted by Crippen LogP contribution is -2.60. The smallest absolute Gasteiger partial charge is 0.250 e. The van der Waals surface area contributed by atoms with Crippen LogP contribution in [0, 0.1) is 23.7 Å². The van der Waals surface area contributed by atoms with E-state index in [0.717, 1.165) is 11.9 Å². The van der Waals surface area contributed by atoms with Crippen LogP contribution in [0.3, 0.4) is 0 Å². The first-order chi connectivity index (χ1) is 21.5. The molecular formula is C34H48N6O5. The molecule has 0 radical (unpaired) electrons. The first-order valence-corrected chi connectivity index (χ1v) is 16.2. The lowest BCUT2D eigenvalue weighted by molar-refractivity contribution is -0.159. The molecule has 8 atom stereocenters. The third-order valence-electron chi connectivity index (χ3n) is 10.6. The molecule has 0 aliphatic carbocycles. The van der Waals surface area contributed by atoms with Crippen molar-refractivity contribution in [1.29, 1.82) is 0 Å². The van der Waals surface area contributed by atoms with E-state index in [1.165, 1.54) is 0 Å². The summed E-state index contributed by atoms with van der Waals surface area (Å²) in [7, 11) is 0. The molecule has 5 rings (SSSR count). The number of rotatable bonds is 14. The normalized spacial score (nSPS) is 29.9. The zero-order valence-electron chi connectivity index (χ0n) is 27.3. The quantitative estimate of drug-likeness (QED) is 0.322. The number of likely N-dealkylation sites (tertiary alicyclic amines) is 1. The van der Waals surface area contributed by atoms with Gasteiger partial charge in [0, 0.05) is 19.6 Å². The number of amides is 3. The van der Waals surface area contributed by atoms with Crippen LogP contribution in [0.1, 0.15) is 53.9 Å². The predicted molar refractivity (Wildman–Crippen MR) is 170 cm³/mol. The predicted octanol–water partition coefficient (Wildman–Crippen LogP) is 3.25. The van der Waals surface area contributed by atoms with Crippen molar-refractivity contribution in [3.63, 3.8) is 0 Å². The third-order valence-corrected chi connectivity index (χ3v) is 10.6. The van der Waals surface area contributed by atoms with Gasteiger partial charge < -0.3 is 24.5 Å². The minimum Gasteiger partial charge on any atom is -0.394 e. The average Bonchev–Trinajstić information content (AvgIpc) is 3.70. The van der Waals surface area contributed by atoms with Crippen LogP contribution in [-0.2, 0) is 25.8 Å². The Morgan fingerprint density at radius 3 is 2.51 bits per heavy atom. The van der Waals surface area contributed by atoms with Crippen LogP contribution < -0.4 is 0 Å². The van der Waals surface area contributed by atoms with Crippen molar-refractivity contribution in [2.24, 2.45) is 23.7 Å². The van der Waals surface area contributed by atoms with E-state index in [0.29, 0.717) is 31.4 Å². The van der Waals surface area contributed by atoms with Gasteiger partial charge in [-0.3, -0.25) is 14.4 Å². The highest BCUT2D eigenvalue weighted by Crippen LogP contribution is 2.66. The highest BCUT2D eigenvalue weighted by atomic mass is 16.5. The second kappa shape index (κ2) is 12.7. The Labute approximate surface area is 265 Å². The minimum absolute atomic E-state index is 0.0799. The largest absolute Gasteiger partial charge is 0.394 e. The van der Waals surface area contributed by atoms with Crippen LogP contribution in [0.5, 0.6) is 0 Å². The monoisotopic (exact) mass is 620 g/mol. The molecule has 2 aromatic rings. The third kappa shape index (κ3) is 5.08. The summed E-state index contributed by atoms with van der Waals surface area (Å²) in [5.74, 6) is -2.62. The maximum absolute atomic E-state index is 15.0. The average molecular weight is 621 g/mol. The van der Waals surface area contributed by atoms with Gasteiger partial charge in [0.05, 0.1) is 35.6 Å². The van der Waals surface area contributed by atoms with Crippen LogP contribution in [0.15, 0.2) is 49.6 Å². The summed E-state index contributed by atoms with van der Waals surface area (Å²) in [5, 5.41) is 19.3. The van der Waals surface area contributed by atoms with Crippen molar-refractivity contribution in [3.05, 3.63) is 49.6 Å². The number of benzene rings is 1. The van der Waals surface area contributed by atoms with Crippen molar-refractivity contribution in [1.82, 2.24) is 29.7 Å². The van der Waals surface area contributed by atoms with Gasteiger partial charge in [-0.15, -0.1) is 18.3 Å². The maximum Gasteiger partial charge on any atom is 0.250 e. The van der Waals surface area contributed by atoms with Gasteiger partial charge in [-0.25, -0.2) is 4.68 Å². The first kappa shape index (κ1) is 32.8. The van der Waals surface area contributed by atoms with Crippen LogP contribution in [-0.4, -0.2) is 102 Å². The fraction of sp³-hybridized carbons (Fsp3) is 0.618. The van der Waals surface area contributed by atoms with E-state index in [1.54, 1.807) is 31.5 Å². The molecule has 11 nitrogen and oxygen atoms in total. The fourth-order valence-corrected chi connectivity index (χ4v) is 8.15. The van der Waals surface area contributed by atoms with Gasteiger partial charge in [0.15, 0.2) is 0 Å². The zero-order chi connectivity index (χ0) is 32.7. The Morgan fingerprint density at radius 2 is 1.87 bits per heavy atom. The molecule has 1 aromatic carbocycles. The highest BCUT2D eigenvalue weighted by molar-refractivity contribution is 5.99. The Balaban J connectivity index is 1.63. The first-order valence-electron chi connectivity index (χ1n) is 16.2. The fourth-order valence-electron chi connectivity index (χ4n) is 8.15. The second-order valence-electron chi connectivity index (χ2n) is 13.2. The Kier molecular flexibility index (Phi) is 9.24. The number of para-hydroxylation sites is 1. The van der Waals surface area contributed by atoms with E-state index in [4.69, 9.17) is 4.74 Å². The number of aliphatic hydroxyl groups is 1. The Bertz CT molecular complexity index is 1460. The maximum atomic E-state index is 15.0. The SMILES string of the molecule is C=CCN(Cn1nnc2ccccc21)C(=O)C1N([C@@H](CO)[C@@H](C)CC)C(=O)[C@@H]2[C@H](C(=O)N(CC=C)CCC)[C@@]3(C)OC12CC3C. The number of hydrogen-bond donors (Lipinski definition) is 1. The molecule has 11 heteroatoms. The van der Waals surface area contributed by atoms with Gasteiger partial charge in [-0.1, -0.05) is 63.6 Å². The topological polar surface area (TPSA) is 121 Å². The Hall–Kier alpha value is -3.57. The van der Waals surface area contributed by atoms with Crippen molar-refractivity contribution in [2.75, 3.05) is 26.2 Å². The van der Waals surface area contributed by atoms with Crippen molar-refractivity contribution in [3.8, 4) is 0 Å². The summed E-state index contributed by atoms with van der Waals surface area (Å²) in [5.41, 5.74) is -0.704. The number of ether oxygens (including phenoxy) is 1. The van der Waals surface area contributed by atoms with Crippen LogP contribution in [0.25, 0.3) is 11.0 Å². The summed E-state index contributed by atoms with van der Waals surface area (Å²) >= 11 is 0. The van der Waals surface area contributed by atoms with Crippen LogP contribution >= 0.6 is 0 Å². The van der Waals surface area contributed by atoms with Crippen molar-refractivity contribution < 1.29 is 24.2 Å². The molecule has 3 aliphatic rings. The number of hydrogen-bond acceptors (Lipinski definition) is 7. The molecule has 3 saturated heterocycles. The molecule has 3 unspecified atom stereocenters. The zero-order valence-corrected chi connectivity index (χ0v) is 27.3. The standard InChI is InChI=1S/C34H48N6O5/c1-8-16-37(17-9-2)30(42)27-28-31(43)40(26(20-41)22(5)11-4)29(34(28)19-23(6)33(27,7)45-34)32(44)38(18-10-3)21-39-25-15-13-12-14-24(25)35-36-39/h8,10,12-15,22-23,26-29,41H,1,3,9,11,16-21H2,2,4-7H3/t22-,23?,26-,27+,28-,29?,33-,34?/m0/s1. The van der Waals surface area contributed by atoms with Crippen LogP contribution in [0.4, 0.5) is 0 Å². The van der Waals surface area contributed by atoms with Gasteiger partial charge in [-0.05, 0) is 43.7 Å². The number of carbonyl (C=O) groups excluding carboxylic acids is 3.